The van der Waals surface area contributed by atoms with Crippen LogP contribution in [-0.4, -0.2) is 35.4 Å². The molecular weight excluding hydrogens is 230 g/mol. The number of rotatable bonds is 2. The molecule has 1 aliphatic rings. The predicted molar refractivity (Wildman–Crippen MR) is 69.7 cm³/mol. The van der Waals surface area contributed by atoms with Crippen molar-refractivity contribution in [3.63, 3.8) is 0 Å². The van der Waals surface area contributed by atoms with Gasteiger partial charge >= 0.3 is 5.69 Å². The molecule has 96 valence electrons. The molecule has 3 rings (SSSR count). The molecule has 0 amide bonds. The van der Waals surface area contributed by atoms with Crippen LogP contribution >= 0.6 is 0 Å². The van der Waals surface area contributed by atoms with Crippen LogP contribution in [0, 0.1) is 0 Å². The van der Waals surface area contributed by atoms with Gasteiger partial charge in [-0.05, 0) is 38.6 Å². The molecule has 0 aliphatic carbocycles. The van der Waals surface area contributed by atoms with Gasteiger partial charge in [0.2, 0.25) is 0 Å². The van der Waals surface area contributed by atoms with Crippen molar-refractivity contribution in [1.82, 2.24) is 14.2 Å². The molecule has 1 aromatic heterocycles. The first kappa shape index (κ1) is 11.3. The third-order valence-corrected chi connectivity index (χ3v) is 3.69. The van der Waals surface area contributed by atoms with Crippen molar-refractivity contribution in [2.45, 2.75) is 19.0 Å². The molecule has 18 heavy (non-hydrogen) atoms. The second-order valence-electron chi connectivity index (χ2n) is 4.90. The Kier molecular flexibility index (Phi) is 2.45. The first-order valence-corrected chi connectivity index (χ1v) is 6.11. The molecule has 1 atom stereocenters. The molecule has 0 N–H and O–H groups in total. The highest BCUT2D eigenvalue weighted by Crippen LogP contribution is 2.30. The molecule has 0 radical (unpaired) electrons. The van der Waals surface area contributed by atoms with Crippen LogP contribution in [0.3, 0.4) is 0 Å². The Morgan fingerprint density at radius 3 is 2.83 bits per heavy atom. The second kappa shape index (κ2) is 3.88. The number of hydrogen-bond donors (Lipinski definition) is 0. The summed E-state index contributed by atoms with van der Waals surface area (Å²) in [7, 11) is 5.53. The van der Waals surface area contributed by atoms with Gasteiger partial charge in [0.05, 0.1) is 11.7 Å². The Morgan fingerprint density at radius 1 is 1.39 bits per heavy atom. The normalized spacial score (nSPS) is 18.6. The molecule has 0 unspecified atom stereocenters. The van der Waals surface area contributed by atoms with Crippen LogP contribution in [0.15, 0.2) is 23.0 Å². The number of benzene rings is 1. The summed E-state index contributed by atoms with van der Waals surface area (Å²) in [4.78, 5) is 19.7. The highest BCUT2D eigenvalue weighted by molar-refractivity contribution is 5.80. The van der Waals surface area contributed by atoms with E-state index < -0.39 is 0 Å². The van der Waals surface area contributed by atoms with Gasteiger partial charge in [0.25, 0.3) is 0 Å². The first-order valence-electron chi connectivity index (χ1n) is 6.11. The minimum absolute atomic E-state index is 0.0988. The zero-order valence-electron chi connectivity index (χ0n) is 10.9. The fourth-order valence-electron chi connectivity index (χ4n) is 2.87. The molecule has 0 spiro atoms. The minimum atomic E-state index is -0.0988. The van der Waals surface area contributed by atoms with Gasteiger partial charge in [-0.15, -0.1) is 4.73 Å². The Labute approximate surface area is 105 Å². The highest BCUT2D eigenvalue weighted by Gasteiger charge is 2.27. The average molecular weight is 247 g/mol. The third kappa shape index (κ3) is 1.34. The van der Waals surface area contributed by atoms with E-state index in [2.05, 4.69) is 11.0 Å². The fourth-order valence-corrected chi connectivity index (χ4v) is 2.87. The SMILES string of the molecule is COn1c(=O)n2c3c(cccc31)CC[C@@H]2N(C)C. The van der Waals surface area contributed by atoms with Crippen molar-refractivity contribution in [2.24, 2.45) is 0 Å². The summed E-state index contributed by atoms with van der Waals surface area (Å²) < 4.78 is 3.22. The van der Waals surface area contributed by atoms with Crippen molar-refractivity contribution in [3.05, 3.63) is 34.2 Å². The van der Waals surface area contributed by atoms with Gasteiger partial charge in [-0.3, -0.25) is 9.47 Å². The first-order chi connectivity index (χ1) is 8.65. The van der Waals surface area contributed by atoms with Gasteiger partial charge in [0, 0.05) is 0 Å². The maximum atomic E-state index is 12.4. The maximum Gasteiger partial charge on any atom is 0.363 e. The summed E-state index contributed by atoms with van der Waals surface area (Å²) in [6.45, 7) is 0. The molecule has 1 aliphatic heterocycles. The molecule has 5 nitrogen and oxygen atoms in total. The summed E-state index contributed by atoms with van der Waals surface area (Å²) in [6, 6.07) is 6.00. The van der Waals surface area contributed by atoms with E-state index in [0.29, 0.717) is 0 Å². The maximum absolute atomic E-state index is 12.4. The standard InChI is InChI=1S/C13H17N3O2/c1-14(2)11-8-7-9-5-4-6-10-12(9)15(11)13(17)16(10)18-3/h4-6,11H,7-8H2,1-3H3/t11-/m1/s1. The number of hydrogen-bond acceptors (Lipinski definition) is 3. The monoisotopic (exact) mass is 247 g/mol. The van der Waals surface area contributed by atoms with Gasteiger partial charge in [0.1, 0.15) is 12.6 Å². The lowest BCUT2D eigenvalue weighted by atomic mass is 10.0. The largest absolute Gasteiger partial charge is 0.412 e. The van der Waals surface area contributed by atoms with Crippen LogP contribution in [0.1, 0.15) is 18.2 Å². The summed E-state index contributed by atoms with van der Waals surface area (Å²) in [5.74, 6) is 0. The number of para-hydroxylation sites is 1. The van der Waals surface area contributed by atoms with E-state index in [-0.39, 0.29) is 11.9 Å². The molecule has 0 saturated carbocycles. The van der Waals surface area contributed by atoms with Crippen molar-refractivity contribution >= 4 is 11.0 Å². The van der Waals surface area contributed by atoms with Crippen molar-refractivity contribution < 1.29 is 4.84 Å². The van der Waals surface area contributed by atoms with E-state index >= 15 is 0 Å². The van der Waals surface area contributed by atoms with Gasteiger partial charge in [-0.2, -0.15) is 0 Å². The summed E-state index contributed by atoms with van der Waals surface area (Å²) >= 11 is 0. The fraction of sp³-hybridized carbons (Fsp3) is 0.462. The van der Waals surface area contributed by atoms with E-state index in [9.17, 15) is 4.79 Å². The van der Waals surface area contributed by atoms with Crippen molar-refractivity contribution in [1.29, 1.82) is 0 Å². The Morgan fingerprint density at radius 2 is 2.17 bits per heavy atom. The van der Waals surface area contributed by atoms with Gasteiger partial charge < -0.3 is 4.84 Å². The molecule has 5 heteroatoms. The van der Waals surface area contributed by atoms with Crippen LogP contribution in [0.4, 0.5) is 0 Å². The number of nitrogens with zero attached hydrogens (tertiary/aromatic N) is 3. The topological polar surface area (TPSA) is 39.4 Å². The highest BCUT2D eigenvalue weighted by atomic mass is 16.7. The molecule has 2 heterocycles. The third-order valence-electron chi connectivity index (χ3n) is 3.69. The lowest BCUT2D eigenvalue weighted by molar-refractivity contribution is 0.149. The van der Waals surface area contributed by atoms with E-state index in [0.717, 1.165) is 23.9 Å². The minimum Gasteiger partial charge on any atom is -0.412 e. The van der Waals surface area contributed by atoms with Gasteiger partial charge in [-0.25, -0.2) is 4.79 Å². The van der Waals surface area contributed by atoms with Crippen LogP contribution in [0.5, 0.6) is 0 Å². The van der Waals surface area contributed by atoms with E-state index in [1.165, 1.54) is 17.4 Å². The smallest absolute Gasteiger partial charge is 0.363 e. The molecule has 1 aromatic carbocycles. The molecule has 2 aromatic rings. The summed E-state index contributed by atoms with van der Waals surface area (Å²) in [6.07, 6.45) is 2.05. The number of aromatic nitrogens is 2. The Balaban J connectivity index is 2.42. The van der Waals surface area contributed by atoms with E-state index in [1.54, 1.807) is 0 Å². The second-order valence-corrected chi connectivity index (χ2v) is 4.90. The molecule has 0 fully saturated rings. The van der Waals surface area contributed by atoms with Crippen LogP contribution in [0.2, 0.25) is 0 Å². The van der Waals surface area contributed by atoms with Crippen molar-refractivity contribution in [2.75, 3.05) is 21.2 Å². The van der Waals surface area contributed by atoms with Gasteiger partial charge in [0.15, 0.2) is 0 Å². The predicted octanol–water partition coefficient (Wildman–Crippen LogP) is 0.868. The Bertz CT molecular complexity index is 654. The number of imidazole rings is 1. The zero-order valence-corrected chi connectivity index (χ0v) is 10.9. The average Bonchev–Trinajstić information content (AvgIpc) is 2.65. The van der Waals surface area contributed by atoms with Gasteiger partial charge in [-0.1, -0.05) is 12.1 Å². The zero-order chi connectivity index (χ0) is 12.9. The number of aryl methyl sites for hydroxylation is 1. The quantitative estimate of drug-likeness (QED) is 0.790. The van der Waals surface area contributed by atoms with Crippen LogP contribution in [0.25, 0.3) is 11.0 Å². The van der Waals surface area contributed by atoms with Crippen molar-refractivity contribution in [3.8, 4) is 0 Å². The van der Waals surface area contributed by atoms with E-state index in [1.807, 2.05) is 30.8 Å². The molecular formula is C13H17N3O2. The summed E-state index contributed by atoms with van der Waals surface area (Å²) in [5.41, 5.74) is 2.98. The van der Waals surface area contributed by atoms with Crippen LogP contribution < -0.4 is 10.5 Å². The lowest BCUT2D eigenvalue weighted by Gasteiger charge is -2.29. The molecule has 0 bridgehead atoms. The molecule has 0 saturated heterocycles. The van der Waals surface area contributed by atoms with Crippen LogP contribution in [-0.2, 0) is 6.42 Å². The summed E-state index contributed by atoms with van der Waals surface area (Å²) in [5, 5.41) is 0. The Hall–Kier alpha value is -1.75. The lowest BCUT2D eigenvalue weighted by Crippen LogP contribution is -2.37. The van der Waals surface area contributed by atoms with E-state index in [4.69, 9.17) is 4.84 Å².